The Kier molecular flexibility index (Phi) is 5.12. The molecule has 0 radical (unpaired) electrons. The molecule has 0 aromatic heterocycles. The third-order valence-corrected chi connectivity index (χ3v) is 4.27. The van der Waals surface area contributed by atoms with Crippen LogP contribution < -0.4 is 5.32 Å². The first-order chi connectivity index (χ1) is 10.3. The van der Waals surface area contributed by atoms with Crippen LogP contribution in [0.1, 0.15) is 24.8 Å². The van der Waals surface area contributed by atoms with Crippen molar-refractivity contribution in [1.82, 2.24) is 5.32 Å². The maximum Gasteiger partial charge on any atom is 0.534 e. The molecule has 1 aliphatic carbocycles. The Labute approximate surface area is 127 Å². The lowest BCUT2D eigenvalue weighted by Crippen LogP contribution is -2.26. The predicted molar refractivity (Wildman–Crippen MR) is 75.1 cm³/mol. The van der Waals surface area contributed by atoms with Crippen LogP contribution >= 0.6 is 0 Å². The van der Waals surface area contributed by atoms with Crippen molar-refractivity contribution in [2.45, 2.75) is 31.3 Å². The minimum absolute atomic E-state index is 0.0853. The number of nitrogens with one attached hydrogen (secondary N) is 1. The molecule has 0 saturated carbocycles. The van der Waals surface area contributed by atoms with Gasteiger partial charge < -0.3 is 9.50 Å². The van der Waals surface area contributed by atoms with Crippen molar-refractivity contribution < 1.29 is 25.8 Å². The van der Waals surface area contributed by atoms with E-state index in [2.05, 4.69) is 9.50 Å². The first-order valence-corrected chi connectivity index (χ1v) is 8.17. The number of alkyl halides is 3. The number of halogens is 3. The fourth-order valence-corrected chi connectivity index (χ4v) is 2.76. The molecule has 0 atom stereocenters. The number of hydrogen-bond acceptors (Lipinski definition) is 4. The van der Waals surface area contributed by atoms with Gasteiger partial charge >= 0.3 is 15.6 Å². The molecule has 0 amide bonds. The van der Waals surface area contributed by atoms with Crippen LogP contribution in [0.2, 0.25) is 0 Å². The third kappa shape index (κ3) is 4.23. The van der Waals surface area contributed by atoms with E-state index in [0.717, 1.165) is 5.56 Å². The van der Waals surface area contributed by atoms with Gasteiger partial charge in [0.2, 0.25) is 0 Å². The van der Waals surface area contributed by atoms with Crippen LogP contribution in [0.5, 0.6) is 0 Å². The van der Waals surface area contributed by atoms with E-state index in [4.69, 9.17) is 0 Å². The van der Waals surface area contributed by atoms with Gasteiger partial charge in [-0.05, 0) is 24.0 Å². The maximum absolute atomic E-state index is 12.3. The van der Waals surface area contributed by atoms with Gasteiger partial charge in [0.15, 0.2) is 0 Å². The van der Waals surface area contributed by atoms with Crippen molar-refractivity contribution in [3.8, 4) is 0 Å². The summed E-state index contributed by atoms with van der Waals surface area (Å²) < 4.78 is 63.4. The SMILES string of the molecule is O=S(=O)(OC1=C(CNCc2ccccc2)CCC1)C(F)(F)F. The summed E-state index contributed by atoms with van der Waals surface area (Å²) in [6.07, 6.45) is 1.33. The summed E-state index contributed by atoms with van der Waals surface area (Å²) in [6.45, 7) is 0.848. The summed E-state index contributed by atoms with van der Waals surface area (Å²) in [5.41, 5.74) is -3.79. The highest BCUT2D eigenvalue weighted by atomic mass is 32.2. The van der Waals surface area contributed by atoms with Crippen LogP contribution in [0.3, 0.4) is 0 Å². The summed E-state index contributed by atoms with van der Waals surface area (Å²) >= 11 is 0. The molecule has 2 rings (SSSR count). The van der Waals surface area contributed by atoms with E-state index in [1.807, 2.05) is 30.3 Å². The van der Waals surface area contributed by atoms with Gasteiger partial charge in [-0.25, -0.2) is 0 Å². The topological polar surface area (TPSA) is 55.4 Å². The summed E-state index contributed by atoms with van der Waals surface area (Å²) in [6, 6.07) is 9.49. The molecule has 0 spiro atoms. The molecule has 4 nitrogen and oxygen atoms in total. The van der Waals surface area contributed by atoms with E-state index in [-0.39, 0.29) is 12.2 Å². The highest BCUT2D eigenvalue weighted by Gasteiger charge is 2.49. The molecule has 1 aromatic carbocycles. The van der Waals surface area contributed by atoms with Crippen LogP contribution in [0.25, 0.3) is 0 Å². The van der Waals surface area contributed by atoms with Crippen molar-refractivity contribution in [3.05, 3.63) is 47.2 Å². The Balaban J connectivity index is 1.97. The quantitative estimate of drug-likeness (QED) is 0.641. The smallest absolute Gasteiger partial charge is 0.381 e. The fourth-order valence-electron chi connectivity index (χ4n) is 2.20. The molecule has 22 heavy (non-hydrogen) atoms. The number of benzene rings is 1. The largest absolute Gasteiger partial charge is 0.534 e. The normalized spacial score (nSPS) is 16.1. The van der Waals surface area contributed by atoms with Crippen LogP contribution in [0.15, 0.2) is 41.7 Å². The number of allylic oxidation sites excluding steroid dienone is 1. The van der Waals surface area contributed by atoms with E-state index in [1.54, 1.807) is 0 Å². The van der Waals surface area contributed by atoms with Crippen LogP contribution in [-0.4, -0.2) is 20.5 Å². The maximum atomic E-state index is 12.3. The average molecular weight is 335 g/mol. The number of hydrogen-bond donors (Lipinski definition) is 1. The van der Waals surface area contributed by atoms with Gasteiger partial charge in [0.05, 0.1) is 0 Å². The van der Waals surface area contributed by atoms with E-state index in [0.29, 0.717) is 31.5 Å². The van der Waals surface area contributed by atoms with Gasteiger partial charge in [-0.15, -0.1) is 0 Å². The molecule has 0 saturated heterocycles. The standard InChI is InChI=1S/C14H16F3NO3S/c15-14(16,17)22(19,20)21-13-8-4-7-12(13)10-18-9-11-5-2-1-3-6-11/h1-3,5-6,18H,4,7-10H2. The van der Waals surface area contributed by atoms with Crippen molar-refractivity contribution in [2.75, 3.05) is 6.54 Å². The lowest BCUT2D eigenvalue weighted by atomic mass is 10.2. The molecular weight excluding hydrogens is 319 g/mol. The Morgan fingerprint density at radius 1 is 1.09 bits per heavy atom. The Hall–Kier alpha value is -1.54. The van der Waals surface area contributed by atoms with Crippen molar-refractivity contribution in [2.24, 2.45) is 0 Å². The van der Waals surface area contributed by atoms with Gasteiger partial charge in [0.1, 0.15) is 5.76 Å². The lowest BCUT2D eigenvalue weighted by Gasteiger charge is -2.12. The van der Waals surface area contributed by atoms with Crippen LogP contribution in [0, 0.1) is 0 Å². The van der Waals surface area contributed by atoms with E-state index in [9.17, 15) is 21.6 Å². The molecule has 8 heteroatoms. The van der Waals surface area contributed by atoms with Gasteiger partial charge in [-0.1, -0.05) is 30.3 Å². The monoisotopic (exact) mass is 335 g/mol. The second-order valence-electron chi connectivity index (χ2n) is 4.95. The highest BCUT2D eigenvalue weighted by molar-refractivity contribution is 7.87. The third-order valence-electron chi connectivity index (χ3n) is 3.28. The van der Waals surface area contributed by atoms with Crippen molar-refractivity contribution in [1.29, 1.82) is 0 Å². The Bertz CT molecular complexity index is 639. The summed E-state index contributed by atoms with van der Waals surface area (Å²) in [5, 5.41) is 3.08. The zero-order valence-electron chi connectivity index (χ0n) is 11.7. The summed E-state index contributed by atoms with van der Waals surface area (Å²) in [7, 11) is -5.58. The molecule has 1 aromatic rings. The molecule has 1 N–H and O–H groups in total. The van der Waals surface area contributed by atoms with Crippen LogP contribution in [-0.2, 0) is 20.8 Å². The highest BCUT2D eigenvalue weighted by Crippen LogP contribution is 2.33. The number of rotatable bonds is 6. The molecule has 0 heterocycles. The van der Waals surface area contributed by atoms with Crippen molar-refractivity contribution in [3.63, 3.8) is 0 Å². The molecule has 122 valence electrons. The summed E-state index contributed by atoms with van der Waals surface area (Å²) in [4.78, 5) is 0. The summed E-state index contributed by atoms with van der Waals surface area (Å²) in [5.74, 6) is -0.0853. The molecule has 0 fully saturated rings. The lowest BCUT2D eigenvalue weighted by molar-refractivity contribution is -0.0523. The van der Waals surface area contributed by atoms with Gasteiger partial charge in [0, 0.05) is 19.5 Å². The zero-order valence-corrected chi connectivity index (χ0v) is 12.5. The molecule has 0 aliphatic heterocycles. The van der Waals surface area contributed by atoms with Gasteiger partial charge in [-0.2, -0.15) is 21.6 Å². The Morgan fingerprint density at radius 3 is 2.41 bits per heavy atom. The first kappa shape index (κ1) is 16.8. The fraction of sp³-hybridized carbons (Fsp3) is 0.429. The molecular formula is C14H16F3NO3S. The minimum atomic E-state index is -5.58. The van der Waals surface area contributed by atoms with E-state index >= 15 is 0 Å². The van der Waals surface area contributed by atoms with E-state index in [1.165, 1.54) is 0 Å². The second kappa shape index (κ2) is 6.70. The minimum Gasteiger partial charge on any atom is -0.381 e. The van der Waals surface area contributed by atoms with E-state index < -0.39 is 15.6 Å². The first-order valence-electron chi connectivity index (χ1n) is 6.76. The van der Waals surface area contributed by atoms with Crippen LogP contribution in [0.4, 0.5) is 13.2 Å². The Morgan fingerprint density at radius 2 is 1.77 bits per heavy atom. The van der Waals surface area contributed by atoms with Crippen molar-refractivity contribution >= 4 is 10.1 Å². The van der Waals surface area contributed by atoms with Gasteiger partial charge in [-0.3, -0.25) is 0 Å². The zero-order chi connectivity index (χ0) is 16.2. The molecule has 0 bridgehead atoms. The second-order valence-corrected chi connectivity index (χ2v) is 6.49. The predicted octanol–water partition coefficient (Wildman–Crippen LogP) is 3.08. The molecule has 1 aliphatic rings. The van der Waals surface area contributed by atoms with Gasteiger partial charge in [0.25, 0.3) is 0 Å². The average Bonchev–Trinajstić information content (AvgIpc) is 2.85. The molecule has 0 unspecified atom stereocenters.